The molecule has 1 aromatic rings. The van der Waals surface area contributed by atoms with Crippen LogP contribution in [0.15, 0.2) is 12.4 Å². The third-order valence-electron chi connectivity index (χ3n) is 2.81. The highest BCUT2D eigenvalue weighted by molar-refractivity contribution is 5.26. The number of imidazole rings is 1. The number of hydrogen-bond donors (Lipinski definition) is 1. The first kappa shape index (κ1) is 9.56. The van der Waals surface area contributed by atoms with E-state index >= 15 is 0 Å². The minimum Gasteiger partial charge on any atom is -0.353 e. The number of rotatable bonds is 4. The normalized spacial score (nSPS) is 17.1. The molecular weight excluding hydrogens is 174 g/mol. The Balaban J connectivity index is 1.97. The fourth-order valence-corrected chi connectivity index (χ4v) is 1.81. The highest BCUT2D eigenvalue weighted by Crippen LogP contribution is 2.28. The van der Waals surface area contributed by atoms with Crippen molar-refractivity contribution in [2.45, 2.75) is 45.7 Å². The van der Waals surface area contributed by atoms with Crippen LogP contribution in [0.4, 0.5) is 5.95 Å². The van der Waals surface area contributed by atoms with E-state index in [-0.39, 0.29) is 0 Å². The summed E-state index contributed by atoms with van der Waals surface area (Å²) in [5.41, 5.74) is 0. The maximum Gasteiger partial charge on any atom is 0.202 e. The van der Waals surface area contributed by atoms with Gasteiger partial charge in [-0.3, -0.25) is 0 Å². The van der Waals surface area contributed by atoms with Gasteiger partial charge in [-0.2, -0.15) is 0 Å². The minimum absolute atomic E-state index is 0.456. The Morgan fingerprint density at radius 1 is 1.57 bits per heavy atom. The van der Waals surface area contributed by atoms with Crippen molar-refractivity contribution < 1.29 is 0 Å². The van der Waals surface area contributed by atoms with Crippen LogP contribution in [0, 0.1) is 5.92 Å². The van der Waals surface area contributed by atoms with Gasteiger partial charge in [-0.15, -0.1) is 0 Å². The molecule has 2 rings (SSSR count). The largest absolute Gasteiger partial charge is 0.353 e. The molecule has 0 radical (unpaired) electrons. The smallest absolute Gasteiger partial charge is 0.202 e. The van der Waals surface area contributed by atoms with Crippen molar-refractivity contribution in [1.29, 1.82) is 0 Å². The van der Waals surface area contributed by atoms with E-state index in [2.05, 4.69) is 34.9 Å². The molecule has 0 bridgehead atoms. The summed E-state index contributed by atoms with van der Waals surface area (Å²) in [6.07, 6.45) is 8.14. The quantitative estimate of drug-likeness (QED) is 0.796. The van der Waals surface area contributed by atoms with Gasteiger partial charge in [0.15, 0.2) is 0 Å². The monoisotopic (exact) mass is 193 g/mol. The third kappa shape index (κ3) is 2.08. The van der Waals surface area contributed by atoms with E-state index in [9.17, 15) is 0 Å². The third-order valence-corrected chi connectivity index (χ3v) is 2.81. The second-order valence-corrected chi connectivity index (χ2v) is 4.50. The summed E-state index contributed by atoms with van der Waals surface area (Å²) in [5.74, 6) is 1.91. The predicted molar refractivity (Wildman–Crippen MR) is 58.3 cm³/mol. The van der Waals surface area contributed by atoms with Crippen LogP contribution < -0.4 is 5.32 Å². The second kappa shape index (κ2) is 4.03. The fraction of sp³-hybridized carbons (Fsp3) is 0.727. The average molecular weight is 193 g/mol. The maximum atomic E-state index is 4.32. The first-order valence-electron chi connectivity index (χ1n) is 5.53. The zero-order valence-electron chi connectivity index (χ0n) is 9.03. The molecule has 0 aliphatic heterocycles. The standard InChI is InChI=1S/C11H19N3/c1-9(2)13-11-12-6-7-14(11)8-10-4-3-5-10/h6-7,9-10H,3-5,8H2,1-2H3,(H,12,13). The van der Waals surface area contributed by atoms with Gasteiger partial charge in [-0.1, -0.05) is 6.42 Å². The summed E-state index contributed by atoms with van der Waals surface area (Å²) in [7, 11) is 0. The van der Waals surface area contributed by atoms with Crippen LogP contribution in [0.2, 0.25) is 0 Å². The van der Waals surface area contributed by atoms with Crippen LogP contribution in [0.1, 0.15) is 33.1 Å². The van der Waals surface area contributed by atoms with Crippen LogP contribution >= 0.6 is 0 Å². The molecule has 78 valence electrons. The molecule has 0 unspecified atom stereocenters. The first-order chi connectivity index (χ1) is 6.75. The Morgan fingerprint density at radius 2 is 2.36 bits per heavy atom. The Morgan fingerprint density at radius 3 is 2.93 bits per heavy atom. The van der Waals surface area contributed by atoms with E-state index < -0.39 is 0 Å². The van der Waals surface area contributed by atoms with E-state index in [1.807, 2.05) is 6.20 Å². The molecule has 1 N–H and O–H groups in total. The van der Waals surface area contributed by atoms with E-state index in [4.69, 9.17) is 0 Å². The van der Waals surface area contributed by atoms with Crippen molar-refractivity contribution in [2.75, 3.05) is 5.32 Å². The SMILES string of the molecule is CC(C)Nc1nccn1CC1CCC1. The predicted octanol–water partition coefficient (Wildman–Crippen LogP) is 2.50. The maximum absolute atomic E-state index is 4.32. The van der Waals surface area contributed by atoms with Crippen LogP contribution in [0.5, 0.6) is 0 Å². The molecule has 1 saturated carbocycles. The van der Waals surface area contributed by atoms with Gasteiger partial charge in [0.05, 0.1) is 0 Å². The summed E-state index contributed by atoms with van der Waals surface area (Å²) in [5, 5.41) is 3.36. The first-order valence-corrected chi connectivity index (χ1v) is 5.53. The highest BCUT2D eigenvalue weighted by Gasteiger charge is 2.18. The summed E-state index contributed by atoms with van der Waals surface area (Å²) in [6.45, 7) is 5.42. The molecule has 14 heavy (non-hydrogen) atoms. The van der Waals surface area contributed by atoms with E-state index in [0.717, 1.165) is 18.4 Å². The van der Waals surface area contributed by atoms with E-state index in [0.29, 0.717) is 6.04 Å². The number of aromatic nitrogens is 2. The fourth-order valence-electron chi connectivity index (χ4n) is 1.81. The number of anilines is 1. The van der Waals surface area contributed by atoms with Crippen molar-refractivity contribution in [2.24, 2.45) is 5.92 Å². The summed E-state index contributed by atoms with van der Waals surface area (Å²) in [6, 6.07) is 0.456. The molecule has 0 amide bonds. The molecule has 3 heteroatoms. The van der Waals surface area contributed by atoms with Gasteiger partial charge >= 0.3 is 0 Å². The molecule has 0 atom stereocenters. The second-order valence-electron chi connectivity index (χ2n) is 4.50. The number of nitrogens with one attached hydrogen (secondary N) is 1. The van der Waals surface area contributed by atoms with E-state index in [1.165, 1.54) is 19.3 Å². The molecule has 1 aromatic heterocycles. The zero-order valence-corrected chi connectivity index (χ0v) is 9.03. The lowest BCUT2D eigenvalue weighted by atomic mass is 9.85. The average Bonchev–Trinajstić information content (AvgIpc) is 2.44. The van der Waals surface area contributed by atoms with Crippen LogP contribution in [0.25, 0.3) is 0 Å². The van der Waals surface area contributed by atoms with Crippen LogP contribution in [-0.2, 0) is 6.54 Å². The summed E-state index contributed by atoms with van der Waals surface area (Å²) >= 11 is 0. The van der Waals surface area contributed by atoms with Gasteiger partial charge in [-0.05, 0) is 32.6 Å². The van der Waals surface area contributed by atoms with Gasteiger partial charge in [-0.25, -0.2) is 4.98 Å². The van der Waals surface area contributed by atoms with Crippen molar-refractivity contribution in [1.82, 2.24) is 9.55 Å². The molecule has 1 aliphatic rings. The van der Waals surface area contributed by atoms with Crippen LogP contribution in [0.3, 0.4) is 0 Å². The molecule has 1 aliphatic carbocycles. The van der Waals surface area contributed by atoms with Crippen molar-refractivity contribution >= 4 is 5.95 Å². The Bertz CT molecular complexity index is 286. The lowest BCUT2D eigenvalue weighted by Gasteiger charge is -2.26. The molecule has 3 nitrogen and oxygen atoms in total. The lowest BCUT2D eigenvalue weighted by molar-refractivity contribution is 0.277. The van der Waals surface area contributed by atoms with Crippen LogP contribution in [-0.4, -0.2) is 15.6 Å². The van der Waals surface area contributed by atoms with Crippen molar-refractivity contribution in [3.63, 3.8) is 0 Å². The van der Waals surface area contributed by atoms with Gasteiger partial charge in [0, 0.05) is 25.0 Å². The number of hydrogen-bond acceptors (Lipinski definition) is 2. The summed E-state index contributed by atoms with van der Waals surface area (Å²) in [4.78, 5) is 4.32. The number of nitrogens with zero attached hydrogens (tertiary/aromatic N) is 2. The molecule has 1 heterocycles. The van der Waals surface area contributed by atoms with Gasteiger partial charge in [0.2, 0.25) is 5.95 Å². The Hall–Kier alpha value is -0.990. The summed E-state index contributed by atoms with van der Waals surface area (Å²) < 4.78 is 2.24. The Kier molecular flexibility index (Phi) is 2.75. The highest BCUT2D eigenvalue weighted by atomic mass is 15.2. The molecule has 0 saturated heterocycles. The minimum atomic E-state index is 0.456. The van der Waals surface area contributed by atoms with E-state index in [1.54, 1.807) is 0 Å². The lowest BCUT2D eigenvalue weighted by Crippen LogP contribution is -2.21. The topological polar surface area (TPSA) is 29.9 Å². The Labute approximate surface area is 85.5 Å². The van der Waals surface area contributed by atoms with Crippen molar-refractivity contribution in [3.8, 4) is 0 Å². The molecule has 0 spiro atoms. The molecular formula is C11H19N3. The van der Waals surface area contributed by atoms with Gasteiger partial charge in [0.25, 0.3) is 0 Å². The molecule has 1 fully saturated rings. The molecule has 0 aromatic carbocycles. The van der Waals surface area contributed by atoms with Gasteiger partial charge < -0.3 is 9.88 Å². The zero-order chi connectivity index (χ0) is 9.97. The van der Waals surface area contributed by atoms with Crippen molar-refractivity contribution in [3.05, 3.63) is 12.4 Å². The van der Waals surface area contributed by atoms with Gasteiger partial charge in [0.1, 0.15) is 0 Å².